The van der Waals surface area contributed by atoms with Crippen LogP contribution in [0.3, 0.4) is 0 Å². The Morgan fingerprint density at radius 2 is 1.93 bits per heavy atom. The number of benzene rings is 2. The number of nitrogens with one attached hydrogen (secondary N) is 2. The molecule has 0 aliphatic carbocycles. The predicted molar refractivity (Wildman–Crippen MR) is 96.1 cm³/mol. The average Bonchev–Trinajstić information content (AvgIpc) is 2.67. The number of anilines is 1. The first-order chi connectivity index (χ1) is 12.9. The number of nitro groups is 1. The van der Waals surface area contributed by atoms with Crippen LogP contribution in [0.1, 0.15) is 0 Å². The van der Waals surface area contributed by atoms with Crippen molar-refractivity contribution in [1.82, 2.24) is 5.32 Å². The van der Waals surface area contributed by atoms with Crippen molar-refractivity contribution in [2.75, 3.05) is 18.5 Å². The minimum atomic E-state index is -0.969. The molecule has 0 aromatic heterocycles. The van der Waals surface area contributed by atoms with Crippen molar-refractivity contribution in [1.29, 1.82) is 0 Å². The summed E-state index contributed by atoms with van der Waals surface area (Å²) < 4.78 is 11.2. The van der Waals surface area contributed by atoms with E-state index in [1.54, 1.807) is 18.2 Å². The molecule has 1 atom stereocenters. The number of nitrogens with zero attached hydrogens (tertiary/aromatic N) is 1. The van der Waals surface area contributed by atoms with Gasteiger partial charge in [0.15, 0.2) is 11.5 Å². The highest BCUT2D eigenvalue weighted by Gasteiger charge is 2.23. The molecule has 1 unspecified atom stereocenters. The number of carbonyl (C=O) groups excluding carboxylic acids is 2. The summed E-state index contributed by atoms with van der Waals surface area (Å²) in [6.45, 7) is 0.281. The molecule has 0 fully saturated rings. The number of halogens is 1. The van der Waals surface area contributed by atoms with Crippen LogP contribution in [0.25, 0.3) is 0 Å². The van der Waals surface area contributed by atoms with Crippen molar-refractivity contribution in [3.05, 3.63) is 57.6 Å². The maximum Gasteiger partial charge on any atom is 0.313 e. The third kappa shape index (κ3) is 4.45. The Balaban J connectivity index is 1.54. The van der Waals surface area contributed by atoms with Gasteiger partial charge in [-0.2, -0.15) is 0 Å². The second-order valence-electron chi connectivity index (χ2n) is 5.59. The van der Waals surface area contributed by atoms with E-state index in [0.717, 1.165) is 6.07 Å². The summed E-state index contributed by atoms with van der Waals surface area (Å²) >= 11 is 5.70. The number of rotatable bonds is 4. The Hall–Kier alpha value is -3.33. The van der Waals surface area contributed by atoms with Crippen LogP contribution < -0.4 is 20.1 Å². The van der Waals surface area contributed by atoms with Crippen LogP contribution in [0.2, 0.25) is 5.02 Å². The van der Waals surface area contributed by atoms with Crippen molar-refractivity contribution in [3.63, 3.8) is 0 Å². The molecule has 140 valence electrons. The molecule has 0 bridgehead atoms. The Morgan fingerprint density at radius 1 is 1.19 bits per heavy atom. The third-order valence-corrected chi connectivity index (χ3v) is 3.98. The number of carbonyl (C=O) groups is 2. The average molecular weight is 392 g/mol. The van der Waals surface area contributed by atoms with Gasteiger partial charge in [0, 0.05) is 11.8 Å². The van der Waals surface area contributed by atoms with Crippen LogP contribution in [0, 0.1) is 10.1 Å². The minimum absolute atomic E-state index is 0.0569. The van der Waals surface area contributed by atoms with E-state index in [1.165, 1.54) is 12.1 Å². The lowest BCUT2D eigenvalue weighted by Gasteiger charge is -2.26. The second kappa shape index (κ2) is 7.92. The van der Waals surface area contributed by atoms with Gasteiger partial charge in [0.25, 0.3) is 5.69 Å². The zero-order valence-electron chi connectivity index (χ0n) is 13.8. The summed E-state index contributed by atoms with van der Waals surface area (Å²) in [7, 11) is 0. The van der Waals surface area contributed by atoms with Crippen molar-refractivity contribution in [3.8, 4) is 11.5 Å². The van der Waals surface area contributed by atoms with Gasteiger partial charge in [-0.25, -0.2) is 0 Å². The molecule has 3 rings (SSSR count). The SMILES string of the molecule is O=C(NCC1COc2ccccc2O1)C(=O)Nc1ccc(Cl)c([N+](=O)[O-])c1. The zero-order valence-corrected chi connectivity index (χ0v) is 14.6. The van der Waals surface area contributed by atoms with Crippen LogP contribution in [0.15, 0.2) is 42.5 Å². The molecule has 0 saturated heterocycles. The van der Waals surface area contributed by atoms with E-state index in [-0.39, 0.29) is 29.5 Å². The topological polar surface area (TPSA) is 120 Å². The molecule has 10 heteroatoms. The van der Waals surface area contributed by atoms with Gasteiger partial charge in [-0.3, -0.25) is 19.7 Å². The summed E-state index contributed by atoms with van der Waals surface area (Å²) in [5, 5.41) is 15.5. The van der Waals surface area contributed by atoms with Crippen LogP contribution >= 0.6 is 11.6 Å². The molecule has 1 aliphatic rings. The number of hydrogen-bond donors (Lipinski definition) is 2. The van der Waals surface area contributed by atoms with Gasteiger partial charge in [0.05, 0.1) is 11.5 Å². The molecule has 0 radical (unpaired) electrons. The fourth-order valence-corrected chi connectivity index (χ4v) is 2.56. The number of para-hydroxylation sites is 2. The molecule has 27 heavy (non-hydrogen) atoms. The Morgan fingerprint density at radius 3 is 2.67 bits per heavy atom. The maximum atomic E-state index is 12.0. The first kappa shape index (κ1) is 18.5. The van der Waals surface area contributed by atoms with Gasteiger partial charge in [0.2, 0.25) is 0 Å². The lowest BCUT2D eigenvalue weighted by molar-refractivity contribution is -0.384. The normalized spacial score (nSPS) is 14.9. The number of ether oxygens (including phenoxy) is 2. The van der Waals surface area contributed by atoms with Gasteiger partial charge in [-0.05, 0) is 24.3 Å². The minimum Gasteiger partial charge on any atom is -0.486 e. The molecule has 1 aliphatic heterocycles. The zero-order chi connectivity index (χ0) is 19.4. The van der Waals surface area contributed by atoms with Crippen LogP contribution in [0.4, 0.5) is 11.4 Å². The summed E-state index contributed by atoms with van der Waals surface area (Å²) in [4.78, 5) is 34.1. The number of hydrogen-bond acceptors (Lipinski definition) is 6. The van der Waals surface area contributed by atoms with Gasteiger partial charge in [-0.15, -0.1) is 0 Å². The van der Waals surface area contributed by atoms with Gasteiger partial charge >= 0.3 is 11.8 Å². The van der Waals surface area contributed by atoms with Crippen molar-refractivity contribution >= 4 is 34.8 Å². The smallest absolute Gasteiger partial charge is 0.313 e. The molecular formula is C17H14ClN3O6. The first-order valence-electron chi connectivity index (χ1n) is 7.85. The van der Waals surface area contributed by atoms with Crippen LogP contribution in [-0.4, -0.2) is 36.0 Å². The molecule has 0 spiro atoms. The monoisotopic (exact) mass is 391 g/mol. The van der Waals surface area contributed by atoms with E-state index in [0.29, 0.717) is 11.5 Å². The molecule has 1 heterocycles. The maximum absolute atomic E-state index is 12.0. The standard InChI is InChI=1S/C17H14ClN3O6/c18-12-6-5-10(7-13(12)21(24)25)20-17(23)16(22)19-8-11-9-26-14-3-1-2-4-15(14)27-11/h1-7,11H,8-9H2,(H,19,22)(H,20,23). The highest BCUT2D eigenvalue weighted by molar-refractivity contribution is 6.39. The molecule has 2 N–H and O–H groups in total. The molecule has 2 amide bonds. The molecule has 2 aromatic carbocycles. The van der Waals surface area contributed by atoms with E-state index < -0.39 is 22.8 Å². The summed E-state index contributed by atoms with van der Waals surface area (Å²) in [6.07, 6.45) is -0.451. The number of amides is 2. The van der Waals surface area contributed by atoms with Crippen LogP contribution in [0.5, 0.6) is 11.5 Å². The highest BCUT2D eigenvalue weighted by Crippen LogP contribution is 2.30. The fraction of sp³-hybridized carbons (Fsp3) is 0.176. The van der Waals surface area contributed by atoms with E-state index in [1.807, 2.05) is 6.07 Å². The van der Waals surface area contributed by atoms with E-state index >= 15 is 0 Å². The fourth-order valence-electron chi connectivity index (χ4n) is 2.37. The van der Waals surface area contributed by atoms with Crippen molar-refractivity contribution < 1.29 is 24.0 Å². The van der Waals surface area contributed by atoms with E-state index in [2.05, 4.69) is 10.6 Å². The van der Waals surface area contributed by atoms with Crippen molar-refractivity contribution in [2.45, 2.75) is 6.10 Å². The second-order valence-corrected chi connectivity index (χ2v) is 5.99. The number of fused-ring (bicyclic) bond motifs is 1. The largest absolute Gasteiger partial charge is 0.486 e. The molecular weight excluding hydrogens is 378 g/mol. The van der Waals surface area contributed by atoms with Gasteiger partial charge < -0.3 is 20.1 Å². The predicted octanol–water partition coefficient (Wildman–Crippen LogP) is 2.14. The van der Waals surface area contributed by atoms with Gasteiger partial charge in [-0.1, -0.05) is 23.7 Å². The third-order valence-electron chi connectivity index (χ3n) is 3.66. The Labute approximate surface area is 158 Å². The molecule has 9 nitrogen and oxygen atoms in total. The molecule has 2 aromatic rings. The van der Waals surface area contributed by atoms with Crippen molar-refractivity contribution in [2.24, 2.45) is 0 Å². The number of nitro benzene ring substituents is 1. The lowest BCUT2D eigenvalue weighted by Crippen LogP contribution is -2.44. The summed E-state index contributed by atoms with van der Waals surface area (Å²) in [5.41, 5.74) is -0.293. The quantitative estimate of drug-likeness (QED) is 0.468. The Bertz CT molecular complexity index is 904. The lowest BCUT2D eigenvalue weighted by atomic mass is 10.2. The first-order valence-corrected chi connectivity index (χ1v) is 8.23. The molecule has 0 saturated carbocycles. The van der Waals surface area contributed by atoms with Gasteiger partial charge in [0.1, 0.15) is 17.7 Å². The highest BCUT2D eigenvalue weighted by atomic mass is 35.5. The van der Waals surface area contributed by atoms with E-state index in [4.69, 9.17) is 21.1 Å². The Kier molecular flexibility index (Phi) is 5.41. The summed E-state index contributed by atoms with van der Waals surface area (Å²) in [6, 6.07) is 10.8. The summed E-state index contributed by atoms with van der Waals surface area (Å²) in [5.74, 6) is -0.707. The van der Waals surface area contributed by atoms with Crippen LogP contribution in [-0.2, 0) is 9.59 Å². The van der Waals surface area contributed by atoms with E-state index in [9.17, 15) is 19.7 Å².